The minimum absolute atomic E-state index is 0.0514. The summed E-state index contributed by atoms with van der Waals surface area (Å²) in [5.74, 6) is -1.21. The van der Waals surface area contributed by atoms with Crippen LogP contribution in [0.5, 0.6) is 0 Å². The van der Waals surface area contributed by atoms with Crippen LogP contribution >= 0.6 is 0 Å². The summed E-state index contributed by atoms with van der Waals surface area (Å²) in [6, 6.07) is 5.42. The molecule has 8 nitrogen and oxygen atoms in total. The van der Waals surface area contributed by atoms with Gasteiger partial charge in [-0.15, -0.1) is 0 Å². The predicted octanol–water partition coefficient (Wildman–Crippen LogP) is 0.0122. The highest BCUT2D eigenvalue weighted by Gasteiger charge is 2.37. The molecule has 2 aliphatic heterocycles. The van der Waals surface area contributed by atoms with Gasteiger partial charge in [0.05, 0.1) is 22.9 Å². The highest BCUT2D eigenvalue weighted by molar-refractivity contribution is 7.94. The van der Waals surface area contributed by atoms with Gasteiger partial charge in [0.2, 0.25) is 15.9 Å². The zero-order chi connectivity index (χ0) is 18.4. The lowest BCUT2D eigenvalue weighted by molar-refractivity contribution is -0.116. The van der Waals surface area contributed by atoms with Crippen LogP contribution in [-0.4, -0.2) is 63.9 Å². The average molecular weight is 386 g/mol. The second-order valence-corrected chi connectivity index (χ2v) is 10.4. The first-order valence-corrected chi connectivity index (χ1v) is 11.2. The van der Waals surface area contributed by atoms with Gasteiger partial charge in [-0.2, -0.15) is 0 Å². The Bertz CT molecular complexity index is 939. The number of nitrogens with zero attached hydrogens (tertiary/aromatic N) is 2. The zero-order valence-corrected chi connectivity index (χ0v) is 15.2. The van der Waals surface area contributed by atoms with Crippen molar-refractivity contribution in [3.8, 4) is 0 Å². The second-order valence-electron chi connectivity index (χ2n) is 6.25. The number of hydrogen-bond acceptors (Lipinski definition) is 6. The second kappa shape index (κ2) is 6.10. The van der Waals surface area contributed by atoms with Crippen molar-refractivity contribution in [2.75, 3.05) is 28.6 Å². The number of amides is 2. The monoisotopic (exact) mass is 386 g/mol. The van der Waals surface area contributed by atoms with Gasteiger partial charge in [0.15, 0.2) is 9.84 Å². The minimum atomic E-state index is -3.70. The van der Waals surface area contributed by atoms with E-state index in [0.29, 0.717) is 6.42 Å². The summed E-state index contributed by atoms with van der Waals surface area (Å²) < 4.78 is 47.9. The Morgan fingerprint density at radius 2 is 1.92 bits per heavy atom. The normalized spacial score (nSPS) is 24.4. The number of sulfonamides is 1. The molecule has 2 heterocycles. The number of anilines is 1. The highest BCUT2D eigenvalue weighted by Crippen LogP contribution is 2.27. The first-order valence-electron chi connectivity index (χ1n) is 7.74. The molecule has 2 aliphatic rings. The minimum Gasteiger partial charge on any atom is -0.338 e. The molecule has 0 unspecified atom stereocenters. The first kappa shape index (κ1) is 17.9. The Morgan fingerprint density at radius 1 is 1.20 bits per heavy atom. The molecule has 2 fully saturated rings. The van der Waals surface area contributed by atoms with Crippen molar-refractivity contribution in [1.29, 1.82) is 0 Å². The van der Waals surface area contributed by atoms with Crippen LogP contribution in [0.15, 0.2) is 24.3 Å². The number of rotatable bonds is 3. The number of carbonyl (C=O) groups excluding carboxylic acids is 2. The van der Waals surface area contributed by atoms with Crippen LogP contribution in [0, 0.1) is 0 Å². The van der Waals surface area contributed by atoms with Crippen LogP contribution < -0.4 is 4.31 Å². The van der Waals surface area contributed by atoms with E-state index in [1.807, 2.05) is 0 Å². The molecule has 2 amide bonds. The van der Waals surface area contributed by atoms with Gasteiger partial charge in [-0.05, 0) is 24.6 Å². The van der Waals surface area contributed by atoms with E-state index >= 15 is 0 Å². The predicted molar refractivity (Wildman–Crippen MR) is 91.5 cm³/mol. The Kier molecular flexibility index (Phi) is 4.36. The van der Waals surface area contributed by atoms with Crippen molar-refractivity contribution in [2.45, 2.75) is 18.9 Å². The van der Waals surface area contributed by atoms with Crippen molar-refractivity contribution in [3.63, 3.8) is 0 Å². The number of carbonyl (C=O) groups is 2. The molecule has 0 saturated carbocycles. The number of sulfone groups is 1. The van der Waals surface area contributed by atoms with E-state index in [2.05, 4.69) is 0 Å². The number of benzene rings is 1. The van der Waals surface area contributed by atoms with Crippen molar-refractivity contribution < 1.29 is 26.4 Å². The van der Waals surface area contributed by atoms with Gasteiger partial charge in [-0.3, -0.25) is 9.59 Å². The first-order chi connectivity index (χ1) is 11.6. The summed E-state index contributed by atoms with van der Waals surface area (Å²) in [5, 5.41) is 0. The van der Waals surface area contributed by atoms with E-state index in [1.165, 1.54) is 36.2 Å². The molecule has 0 aromatic heterocycles. The molecule has 1 atom stereocenters. The lowest BCUT2D eigenvalue weighted by Crippen LogP contribution is -2.38. The molecule has 0 radical (unpaired) electrons. The quantitative estimate of drug-likeness (QED) is 0.724. The van der Waals surface area contributed by atoms with E-state index in [4.69, 9.17) is 0 Å². The molecule has 1 aromatic carbocycles. The van der Waals surface area contributed by atoms with Gasteiger partial charge in [0.1, 0.15) is 0 Å². The smallest absolute Gasteiger partial charge is 0.253 e. The van der Waals surface area contributed by atoms with Crippen LogP contribution in [0.4, 0.5) is 5.69 Å². The van der Waals surface area contributed by atoms with Gasteiger partial charge < -0.3 is 4.90 Å². The third-order valence-corrected chi connectivity index (χ3v) is 7.92. The van der Waals surface area contributed by atoms with Gasteiger partial charge in [-0.25, -0.2) is 21.1 Å². The maximum absolute atomic E-state index is 12.6. The molecular formula is C15H18N2O6S2. The van der Waals surface area contributed by atoms with Crippen LogP contribution in [0.2, 0.25) is 0 Å². The molecule has 3 rings (SSSR count). The van der Waals surface area contributed by atoms with Crippen molar-refractivity contribution >= 4 is 37.4 Å². The van der Waals surface area contributed by atoms with E-state index in [1.54, 1.807) is 0 Å². The fraction of sp³-hybridized carbons (Fsp3) is 0.467. The molecule has 1 aromatic rings. The van der Waals surface area contributed by atoms with Gasteiger partial charge in [0, 0.05) is 25.1 Å². The molecule has 0 bridgehead atoms. The molecular weight excluding hydrogens is 368 g/mol. The van der Waals surface area contributed by atoms with Crippen LogP contribution in [0.3, 0.4) is 0 Å². The molecule has 0 aliphatic carbocycles. The Balaban J connectivity index is 1.87. The third kappa shape index (κ3) is 3.40. The average Bonchev–Trinajstić information content (AvgIpc) is 3.04. The summed E-state index contributed by atoms with van der Waals surface area (Å²) in [6.07, 6.45) is 0.295. The molecule has 136 valence electrons. The van der Waals surface area contributed by atoms with Crippen LogP contribution in [0.1, 0.15) is 23.2 Å². The SMILES string of the molecule is CN(C(=O)c1cccc(N2C(=O)CCS2(=O)=O)c1)[C@@H]1CCS(=O)(=O)C1. The standard InChI is InChI=1S/C15H18N2O6S2/c1-16(13-5-7-24(20,21)10-13)15(19)11-3-2-4-12(9-11)17-14(18)6-8-25(17,22)23/h2-4,9,13H,5-8,10H2,1H3/t13-/m1/s1. The van der Waals surface area contributed by atoms with E-state index in [-0.39, 0.29) is 34.9 Å². The Hall–Kier alpha value is -1.94. The van der Waals surface area contributed by atoms with Gasteiger partial charge >= 0.3 is 0 Å². The van der Waals surface area contributed by atoms with Gasteiger partial charge in [-0.1, -0.05) is 6.07 Å². The largest absolute Gasteiger partial charge is 0.338 e. The van der Waals surface area contributed by atoms with Crippen LogP contribution in [0.25, 0.3) is 0 Å². The van der Waals surface area contributed by atoms with Crippen molar-refractivity contribution in [2.24, 2.45) is 0 Å². The van der Waals surface area contributed by atoms with Gasteiger partial charge in [0.25, 0.3) is 5.91 Å². The molecule has 2 saturated heterocycles. The lowest BCUT2D eigenvalue weighted by Gasteiger charge is -2.24. The maximum atomic E-state index is 12.6. The molecule has 0 spiro atoms. The molecule has 10 heteroatoms. The van der Waals surface area contributed by atoms with E-state index in [0.717, 1.165) is 4.31 Å². The molecule has 25 heavy (non-hydrogen) atoms. The highest BCUT2D eigenvalue weighted by atomic mass is 32.2. The van der Waals surface area contributed by atoms with Crippen LogP contribution in [-0.2, 0) is 24.7 Å². The van der Waals surface area contributed by atoms with E-state index in [9.17, 15) is 26.4 Å². The summed E-state index contributed by atoms with van der Waals surface area (Å²) in [5.41, 5.74) is 0.333. The fourth-order valence-electron chi connectivity index (χ4n) is 3.08. The van der Waals surface area contributed by atoms with E-state index < -0.39 is 37.7 Å². The summed E-state index contributed by atoms with van der Waals surface area (Å²) in [4.78, 5) is 25.9. The zero-order valence-electron chi connectivity index (χ0n) is 13.6. The topological polar surface area (TPSA) is 109 Å². The van der Waals surface area contributed by atoms with Crippen molar-refractivity contribution in [3.05, 3.63) is 29.8 Å². The maximum Gasteiger partial charge on any atom is 0.253 e. The number of hydrogen-bond donors (Lipinski definition) is 0. The van der Waals surface area contributed by atoms with Crippen molar-refractivity contribution in [1.82, 2.24) is 4.90 Å². The third-order valence-electron chi connectivity index (χ3n) is 4.48. The summed E-state index contributed by atoms with van der Waals surface area (Å²) in [7, 11) is -5.30. The molecule has 0 N–H and O–H groups in total. The summed E-state index contributed by atoms with van der Waals surface area (Å²) in [6.45, 7) is 0. The Morgan fingerprint density at radius 3 is 2.48 bits per heavy atom. The lowest BCUT2D eigenvalue weighted by atomic mass is 10.1. The summed E-state index contributed by atoms with van der Waals surface area (Å²) >= 11 is 0. The fourth-order valence-corrected chi connectivity index (χ4v) is 6.31. The Labute approximate surface area is 146 Å².